The molecule has 0 aliphatic carbocycles. The first-order valence-corrected chi connectivity index (χ1v) is 8.32. The molecule has 114 valence electrons. The van der Waals surface area contributed by atoms with Gasteiger partial charge in [-0.15, -0.1) is 0 Å². The Labute approximate surface area is 136 Å². The van der Waals surface area contributed by atoms with Crippen LogP contribution in [0.15, 0.2) is 18.2 Å². The highest BCUT2D eigenvalue weighted by Crippen LogP contribution is 2.27. The molecule has 1 atom stereocenters. The van der Waals surface area contributed by atoms with Gasteiger partial charge in [0, 0.05) is 29.5 Å². The van der Waals surface area contributed by atoms with E-state index in [0.29, 0.717) is 19.0 Å². The van der Waals surface area contributed by atoms with E-state index < -0.39 is 4.92 Å². The summed E-state index contributed by atoms with van der Waals surface area (Å²) in [5.41, 5.74) is -0.112. The summed E-state index contributed by atoms with van der Waals surface area (Å²) in [5.74, 6) is 0.172. The second-order valence-electron chi connectivity index (χ2n) is 5.16. The van der Waals surface area contributed by atoms with E-state index in [1.54, 1.807) is 4.90 Å². The number of hydrogen-bond acceptors (Lipinski definition) is 3. The molecule has 1 aromatic carbocycles. The maximum absolute atomic E-state index is 12.6. The molecule has 7 heteroatoms. The minimum atomic E-state index is -0.557. The van der Waals surface area contributed by atoms with E-state index in [9.17, 15) is 14.9 Å². The van der Waals surface area contributed by atoms with E-state index in [-0.39, 0.29) is 22.2 Å². The van der Waals surface area contributed by atoms with Crippen molar-refractivity contribution in [2.45, 2.75) is 19.3 Å². The lowest BCUT2D eigenvalue weighted by molar-refractivity contribution is -0.385. The van der Waals surface area contributed by atoms with Gasteiger partial charge >= 0.3 is 0 Å². The first-order valence-electron chi connectivity index (χ1n) is 6.82. The third-order valence-corrected chi connectivity index (χ3v) is 4.40. The Balaban J connectivity index is 2.21. The number of rotatable bonds is 4. The van der Waals surface area contributed by atoms with Crippen LogP contribution in [0, 0.1) is 16.0 Å². The van der Waals surface area contributed by atoms with Crippen LogP contribution in [0.3, 0.4) is 0 Å². The van der Waals surface area contributed by atoms with Crippen molar-refractivity contribution >= 4 is 39.1 Å². The number of carbonyl (C=O) groups excluding carboxylic acids is 1. The molecule has 0 radical (unpaired) electrons. The Bertz CT molecular complexity index is 551. The summed E-state index contributed by atoms with van der Waals surface area (Å²) >= 11 is 9.20. The molecular formula is C14H16BrClN2O3. The van der Waals surface area contributed by atoms with E-state index in [1.165, 1.54) is 18.2 Å². The summed E-state index contributed by atoms with van der Waals surface area (Å²) in [6, 6.07) is 4.19. The van der Waals surface area contributed by atoms with Crippen molar-refractivity contribution < 1.29 is 9.72 Å². The number of hydrogen-bond donors (Lipinski definition) is 0. The third kappa shape index (κ3) is 3.95. The van der Waals surface area contributed by atoms with Gasteiger partial charge in [0.25, 0.3) is 11.6 Å². The highest BCUT2D eigenvalue weighted by Gasteiger charge is 2.28. The van der Waals surface area contributed by atoms with E-state index in [2.05, 4.69) is 15.9 Å². The molecule has 0 bridgehead atoms. The van der Waals surface area contributed by atoms with Gasteiger partial charge in [0.1, 0.15) is 5.56 Å². The van der Waals surface area contributed by atoms with E-state index in [1.807, 2.05) is 0 Å². The molecule has 0 N–H and O–H groups in total. The number of nitro benzene ring substituents is 1. The number of likely N-dealkylation sites (tertiary alicyclic amines) is 1. The van der Waals surface area contributed by atoms with Crippen LogP contribution in [0.5, 0.6) is 0 Å². The number of halogens is 2. The van der Waals surface area contributed by atoms with E-state index >= 15 is 0 Å². The molecule has 1 aliphatic heterocycles. The van der Waals surface area contributed by atoms with Crippen molar-refractivity contribution in [2.75, 3.05) is 18.4 Å². The van der Waals surface area contributed by atoms with Gasteiger partial charge in [-0.2, -0.15) is 0 Å². The van der Waals surface area contributed by atoms with Gasteiger partial charge < -0.3 is 4.90 Å². The van der Waals surface area contributed by atoms with Crippen LogP contribution in [0.2, 0.25) is 5.02 Å². The molecular weight excluding hydrogens is 360 g/mol. The fraction of sp³-hybridized carbons (Fsp3) is 0.500. The lowest BCUT2D eigenvalue weighted by atomic mass is 9.95. The van der Waals surface area contributed by atoms with Crippen LogP contribution in [-0.2, 0) is 0 Å². The largest absolute Gasteiger partial charge is 0.338 e. The molecule has 1 aromatic rings. The molecule has 1 heterocycles. The van der Waals surface area contributed by atoms with Crippen molar-refractivity contribution in [3.05, 3.63) is 38.9 Å². The van der Waals surface area contributed by atoms with Crippen molar-refractivity contribution in [3.63, 3.8) is 0 Å². The number of benzene rings is 1. The van der Waals surface area contributed by atoms with Crippen molar-refractivity contribution in [3.8, 4) is 0 Å². The minimum Gasteiger partial charge on any atom is -0.338 e. The zero-order chi connectivity index (χ0) is 15.4. The highest BCUT2D eigenvalue weighted by molar-refractivity contribution is 9.09. The van der Waals surface area contributed by atoms with Crippen LogP contribution >= 0.6 is 27.5 Å². The quantitative estimate of drug-likeness (QED) is 0.456. The van der Waals surface area contributed by atoms with Crippen LogP contribution < -0.4 is 0 Å². The van der Waals surface area contributed by atoms with Crippen molar-refractivity contribution in [2.24, 2.45) is 5.92 Å². The Morgan fingerprint density at radius 3 is 2.95 bits per heavy atom. The Kier molecular flexibility index (Phi) is 5.58. The number of piperidine rings is 1. The monoisotopic (exact) mass is 374 g/mol. The topological polar surface area (TPSA) is 63.4 Å². The summed E-state index contributed by atoms with van der Waals surface area (Å²) < 4.78 is 0. The second kappa shape index (κ2) is 7.22. The molecule has 0 spiro atoms. The smallest absolute Gasteiger partial charge is 0.283 e. The molecule has 1 unspecified atom stereocenters. The summed E-state index contributed by atoms with van der Waals surface area (Å²) in [4.78, 5) is 24.8. The maximum Gasteiger partial charge on any atom is 0.283 e. The fourth-order valence-corrected chi connectivity index (χ4v) is 3.46. The van der Waals surface area contributed by atoms with Gasteiger partial charge in [-0.1, -0.05) is 27.5 Å². The van der Waals surface area contributed by atoms with Crippen LogP contribution in [0.4, 0.5) is 5.69 Å². The number of amides is 1. The third-order valence-electron chi connectivity index (χ3n) is 3.71. The zero-order valence-electron chi connectivity index (χ0n) is 11.4. The van der Waals surface area contributed by atoms with Gasteiger partial charge in [0.15, 0.2) is 0 Å². The Morgan fingerprint density at radius 2 is 2.29 bits per heavy atom. The lowest BCUT2D eigenvalue weighted by Crippen LogP contribution is -2.40. The molecule has 21 heavy (non-hydrogen) atoms. The molecule has 1 fully saturated rings. The molecule has 2 rings (SSSR count). The Morgan fingerprint density at radius 1 is 1.52 bits per heavy atom. The van der Waals surface area contributed by atoms with Crippen molar-refractivity contribution in [1.29, 1.82) is 0 Å². The van der Waals surface area contributed by atoms with Gasteiger partial charge in [0.2, 0.25) is 0 Å². The molecule has 0 aromatic heterocycles. The number of alkyl halides is 1. The average molecular weight is 376 g/mol. The predicted molar refractivity (Wildman–Crippen MR) is 85.1 cm³/mol. The normalized spacial score (nSPS) is 18.6. The summed E-state index contributed by atoms with van der Waals surface area (Å²) in [6.07, 6.45) is 3.04. The van der Waals surface area contributed by atoms with Crippen LogP contribution in [0.25, 0.3) is 0 Å². The molecule has 5 nitrogen and oxygen atoms in total. The van der Waals surface area contributed by atoms with Gasteiger partial charge in [-0.05, 0) is 37.3 Å². The van der Waals surface area contributed by atoms with Crippen LogP contribution in [0.1, 0.15) is 29.6 Å². The van der Waals surface area contributed by atoms with Gasteiger partial charge in [-0.3, -0.25) is 14.9 Å². The average Bonchev–Trinajstić information content (AvgIpc) is 2.47. The standard InChI is InChI=1S/C14H16BrClN2O3/c15-6-5-10-2-1-7-17(9-10)14(19)12-4-3-11(16)8-13(12)18(20)21/h3-4,8,10H,1-2,5-7,9H2. The highest BCUT2D eigenvalue weighted by atomic mass is 79.9. The summed E-state index contributed by atoms with van der Waals surface area (Å²) in [6.45, 7) is 1.31. The lowest BCUT2D eigenvalue weighted by Gasteiger charge is -2.32. The molecule has 1 amide bonds. The first kappa shape index (κ1) is 16.2. The zero-order valence-corrected chi connectivity index (χ0v) is 13.8. The maximum atomic E-state index is 12.6. The van der Waals surface area contributed by atoms with Crippen molar-refractivity contribution in [1.82, 2.24) is 4.90 Å². The molecule has 1 saturated heterocycles. The first-order chi connectivity index (χ1) is 10.0. The van der Waals surface area contributed by atoms with Crippen LogP contribution in [-0.4, -0.2) is 34.2 Å². The second-order valence-corrected chi connectivity index (χ2v) is 6.39. The minimum absolute atomic E-state index is 0.115. The summed E-state index contributed by atoms with van der Waals surface area (Å²) in [7, 11) is 0. The number of nitrogens with zero attached hydrogens (tertiary/aromatic N) is 2. The molecule has 0 saturated carbocycles. The van der Waals surface area contributed by atoms with E-state index in [4.69, 9.17) is 11.6 Å². The number of nitro groups is 1. The summed E-state index contributed by atoms with van der Waals surface area (Å²) in [5, 5.41) is 12.3. The Hall–Kier alpha value is -1.14. The predicted octanol–water partition coefficient (Wildman–Crippen LogP) is 3.89. The fourth-order valence-electron chi connectivity index (χ4n) is 2.65. The van der Waals surface area contributed by atoms with Gasteiger partial charge in [-0.25, -0.2) is 0 Å². The van der Waals surface area contributed by atoms with Gasteiger partial charge in [0.05, 0.1) is 4.92 Å². The van der Waals surface area contributed by atoms with E-state index in [0.717, 1.165) is 24.6 Å². The SMILES string of the molecule is O=C(c1ccc(Cl)cc1[N+](=O)[O-])N1CCCC(CCBr)C1. The molecule has 1 aliphatic rings. The number of carbonyl (C=O) groups is 1.